The number of allylic oxidation sites excluding steroid dienone is 2. The lowest BCUT2D eigenvalue weighted by Gasteiger charge is -2.35. The predicted octanol–water partition coefficient (Wildman–Crippen LogP) is 3.81. The second-order valence-corrected chi connectivity index (χ2v) is 8.62. The van der Waals surface area contributed by atoms with Crippen molar-refractivity contribution in [3.63, 3.8) is 0 Å². The number of hydrogen-bond donors (Lipinski definition) is 3. The first-order valence-corrected chi connectivity index (χ1v) is 11.5. The molecule has 0 bridgehead atoms. The van der Waals surface area contributed by atoms with Crippen molar-refractivity contribution in [1.82, 2.24) is 25.6 Å². The van der Waals surface area contributed by atoms with Crippen LogP contribution in [-0.2, 0) is 22.7 Å². The minimum atomic E-state index is -0.972. The van der Waals surface area contributed by atoms with Gasteiger partial charge in [-0.1, -0.05) is 42.5 Å². The fourth-order valence-electron chi connectivity index (χ4n) is 3.68. The average molecular weight is 485 g/mol. The van der Waals surface area contributed by atoms with Crippen LogP contribution in [0.25, 0.3) is 0 Å². The molecular formula is C27H28N6O3. The minimum absolute atomic E-state index is 0.190. The van der Waals surface area contributed by atoms with E-state index in [2.05, 4.69) is 30.9 Å². The van der Waals surface area contributed by atoms with E-state index in [-0.39, 0.29) is 18.9 Å². The molecule has 0 aliphatic heterocycles. The summed E-state index contributed by atoms with van der Waals surface area (Å²) in [7, 11) is 0. The number of aryl methyl sites for hydroxylation is 1. The third kappa shape index (κ3) is 6.61. The number of hydrogen-bond acceptors (Lipinski definition) is 6. The van der Waals surface area contributed by atoms with Crippen LogP contribution in [0.5, 0.6) is 0 Å². The molecular weight excluding hydrogens is 456 g/mol. The smallest absolute Gasteiger partial charge is 0.324 e. The van der Waals surface area contributed by atoms with E-state index in [0.29, 0.717) is 23.6 Å². The second kappa shape index (κ2) is 11.4. The molecule has 3 amide bonds. The quantitative estimate of drug-likeness (QED) is 0.448. The van der Waals surface area contributed by atoms with Crippen molar-refractivity contribution in [2.75, 3.05) is 5.32 Å². The maximum Gasteiger partial charge on any atom is 0.324 e. The van der Waals surface area contributed by atoms with E-state index < -0.39 is 11.6 Å². The number of pyridine rings is 1. The lowest BCUT2D eigenvalue weighted by Crippen LogP contribution is -2.44. The molecule has 3 N–H and O–H groups in total. The molecule has 2 aromatic heterocycles. The van der Waals surface area contributed by atoms with Gasteiger partial charge < -0.3 is 15.4 Å². The van der Waals surface area contributed by atoms with Crippen molar-refractivity contribution in [2.24, 2.45) is 0 Å². The third-order valence-corrected chi connectivity index (χ3v) is 5.69. The van der Waals surface area contributed by atoms with Crippen LogP contribution in [0, 0.1) is 6.92 Å². The topological polar surface area (TPSA) is 118 Å². The molecule has 184 valence electrons. The zero-order chi connectivity index (χ0) is 25.4. The minimum Gasteiger partial charge on any atom is -0.364 e. The molecule has 0 saturated heterocycles. The van der Waals surface area contributed by atoms with Gasteiger partial charge in [-0.3, -0.25) is 20.1 Å². The van der Waals surface area contributed by atoms with E-state index in [1.165, 1.54) is 6.20 Å². The van der Waals surface area contributed by atoms with Crippen LogP contribution in [0.4, 0.5) is 10.6 Å². The van der Waals surface area contributed by atoms with Crippen LogP contribution in [0.15, 0.2) is 90.7 Å². The largest absolute Gasteiger partial charge is 0.364 e. The Kier molecular flexibility index (Phi) is 7.82. The number of urea groups is 1. The maximum absolute atomic E-state index is 12.9. The van der Waals surface area contributed by atoms with E-state index in [1.807, 2.05) is 56.3 Å². The fourth-order valence-corrected chi connectivity index (χ4v) is 3.68. The first kappa shape index (κ1) is 24.7. The molecule has 4 rings (SSSR count). The van der Waals surface area contributed by atoms with E-state index in [4.69, 9.17) is 4.74 Å². The number of carbonyl (C=O) groups excluding carboxylic acids is 2. The normalized spacial score (nSPS) is 16.9. The molecule has 36 heavy (non-hydrogen) atoms. The number of ether oxygens (including phenoxy) is 1. The molecule has 1 atom stereocenters. The molecule has 1 aliphatic carbocycles. The Balaban J connectivity index is 1.49. The van der Waals surface area contributed by atoms with Gasteiger partial charge in [0.2, 0.25) is 5.91 Å². The summed E-state index contributed by atoms with van der Waals surface area (Å²) in [4.78, 5) is 38.1. The Bertz CT molecular complexity index is 1260. The summed E-state index contributed by atoms with van der Waals surface area (Å²) in [5.41, 5.74) is 2.73. The van der Waals surface area contributed by atoms with Crippen LogP contribution < -0.4 is 16.0 Å². The Morgan fingerprint density at radius 3 is 2.50 bits per heavy atom. The molecule has 1 aliphatic rings. The zero-order valence-corrected chi connectivity index (χ0v) is 20.2. The average Bonchev–Trinajstić information content (AvgIpc) is 2.90. The number of nitrogens with one attached hydrogen (secondary N) is 3. The van der Waals surface area contributed by atoms with Gasteiger partial charge in [0.15, 0.2) is 5.82 Å². The molecule has 2 heterocycles. The number of aromatic nitrogens is 3. The Morgan fingerprint density at radius 2 is 1.78 bits per heavy atom. The van der Waals surface area contributed by atoms with Gasteiger partial charge in [0, 0.05) is 30.9 Å². The van der Waals surface area contributed by atoms with Crippen LogP contribution in [0.3, 0.4) is 0 Å². The number of rotatable bonds is 8. The van der Waals surface area contributed by atoms with Crippen molar-refractivity contribution in [2.45, 2.75) is 39.0 Å². The highest BCUT2D eigenvalue weighted by Gasteiger charge is 2.36. The highest BCUT2D eigenvalue weighted by Crippen LogP contribution is 2.32. The molecule has 1 aromatic carbocycles. The third-order valence-electron chi connectivity index (χ3n) is 5.69. The summed E-state index contributed by atoms with van der Waals surface area (Å²) < 4.78 is 6.28. The van der Waals surface area contributed by atoms with Crippen molar-refractivity contribution >= 4 is 17.8 Å². The summed E-state index contributed by atoms with van der Waals surface area (Å²) in [5, 5.41) is 8.48. The monoisotopic (exact) mass is 484 g/mol. The van der Waals surface area contributed by atoms with Gasteiger partial charge >= 0.3 is 6.03 Å². The Morgan fingerprint density at radius 1 is 0.972 bits per heavy atom. The molecule has 0 fully saturated rings. The van der Waals surface area contributed by atoms with Gasteiger partial charge in [-0.15, -0.1) is 0 Å². The lowest BCUT2D eigenvalue weighted by atomic mass is 9.87. The Labute approximate surface area is 209 Å². The van der Waals surface area contributed by atoms with Crippen molar-refractivity contribution in [1.29, 1.82) is 0 Å². The first-order valence-electron chi connectivity index (χ1n) is 11.5. The van der Waals surface area contributed by atoms with E-state index >= 15 is 0 Å². The van der Waals surface area contributed by atoms with Crippen molar-refractivity contribution in [3.05, 3.63) is 107 Å². The fraction of sp³-hybridized carbons (Fsp3) is 0.222. The van der Waals surface area contributed by atoms with Gasteiger partial charge in [0.1, 0.15) is 5.60 Å². The van der Waals surface area contributed by atoms with Gasteiger partial charge in [-0.2, -0.15) is 0 Å². The highest BCUT2D eigenvalue weighted by molar-refractivity contribution is 5.95. The van der Waals surface area contributed by atoms with Crippen LogP contribution in [-0.4, -0.2) is 32.5 Å². The first-order chi connectivity index (χ1) is 17.4. The van der Waals surface area contributed by atoms with Crippen LogP contribution >= 0.6 is 0 Å². The molecule has 9 nitrogen and oxygen atoms in total. The summed E-state index contributed by atoms with van der Waals surface area (Å²) in [6, 6.07) is 12.9. The van der Waals surface area contributed by atoms with Gasteiger partial charge in [0.05, 0.1) is 30.4 Å². The van der Waals surface area contributed by atoms with Gasteiger partial charge in [0.25, 0.3) is 0 Å². The maximum atomic E-state index is 12.9. The number of nitrogens with zero attached hydrogens (tertiary/aromatic N) is 3. The van der Waals surface area contributed by atoms with Crippen LogP contribution in [0.2, 0.25) is 0 Å². The van der Waals surface area contributed by atoms with E-state index in [9.17, 15) is 9.59 Å². The highest BCUT2D eigenvalue weighted by atomic mass is 16.5. The lowest BCUT2D eigenvalue weighted by molar-refractivity contribution is -0.118. The van der Waals surface area contributed by atoms with Crippen LogP contribution in [0.1, 0.15) is 30.2 Å². The van der Waals surface area contributed by atoms with E-state index in [1.54, 1.807) is 30.7 Å². The van der Waals surface area contributed by atoms with Gasteiger partial charge in [-0.05, 0) is 37.1 Å². The summed E-state index contributed by atoms with van der Waals surface area (Å²) in [6.07, 6.45) is 10.1. The van der Waals surface area contributed by atoms with Crippen molar-refractivity contribution in [3.8, 4) is 0 Å². The number of amides is 3. The number of carbonyl (C=O) groups is 2. The summed E-state index contributed by atoms with van der Waals surface area (Å²) in [6.45, 7) is 4.33. The Hall–Kier alpha value is -4.37. The molecule has 0 spiro atoms. The summed E-state index contributed by atoms with van der Waals surface area (Å²) in [5.74, 6) is 0.133. The SMILES string of the molecule is Cc1cnc(NC(=O)NC2=CC=C(C(=O)NCc3ccccc3)CC2(C)OCc2cccnc2)cn1. The van der Waals surface area contributed by atoms with E-state index in [0.717, 1.165) is 16.8 Å². The standard InChI is InChI=1S/C27H28N6O3/c1-19-14-30-24(17-29-19)33-26(35)32-23-11-10-22(25(34)31-16-20-7-4-3-5-8-20)13-27(23,2)36-18-21-9-6-12-28-15-21/h3-12,14-15,17H,13,16,18H2,1-2H3,(H,31,34)(H2,30,32,33,35). The van der Waals surface area contributed by atoms with Gasteiger partial charge in [-0.25, -0.2) is 9.78 Å². The van der Waals surface area contributed by atoms with Crippen molar-refractivity contribution < 1.29 is 14.3 Å². The zero-order valence-electron chi connectivity index (χ0n) is 20.2. The molecule has 0 radical (unpaired) electrons. The second-order valence-electron chi connectivity index (χ2n) is 8.62. The molecule has 0 saturated carbocycles. The molecule has 9 heteroatoms. The predicted molar refractivity (Wildman–Crippen MR) is 135 cm³/mol. The molecule has 1 unspecified atom stereocenters. The number of benzene rings is 1. The summed E-state index contributed by atoms with van der Waals surface area (Å²) >= 11 is 0. The molecule has 3 aromatic rings. The number of anilines is 1.